The summed E-state index contributed by atoms with van der Waals surface area (Å²) in [4.78, 5) is 9.99. The Hall–Kier alpha value is 0.668. The van der Waals surface area contributed by atoms with E-state index >= 15 is 0 Å². The molecule has 0 heterocycles. The van der Waals surface area contributed by atoms with Gasteiger partial charge in [0.15, 0.2) is 8.32 Å². The molecule has 3 N–H and O–H groups in total. The second-order valence-electron chi connectivity index (χ2n) is 7.29. The summed E-state index contributed by atoms with van der Waals surface area (Å²) in [5, 5.41) is 0. The van der Waals surface area contributed by atoms with Crippen molar-refractivity contribution in [2.45, 2.75) is 64.8 Å². The first-order chi connectivity index (χ1) is 8.68. The second kappa shape index (κ2) is 7.29. The van der Waals surface area contributed by atoms with Gasteiger partial charge in [-0.1, -0.05) is 0 Å². The van der Waals surface area contributed by atoms with Gasteiger partial charge in [-0.2, -0.15) is 0 Å². The zero-order valence-corrected chi connectivity index (χ0v) is 18.4. The zero-order chi connectivity index (χ0) is 16.2. The first kappa shape index (κ1) is 20.7. The van der Waals surface area contributed by atoms with Crippen LogP contribution in [0.3, 0.4) is 0 Å². The lowest BCUT2D eigenvalue weighted by Crippen LogP contribution is -2.57. The minimum absolute atomic E-state index is 0.643. The fraction of sp³-hybridized carbons (Fsp3) is 1.00. The molecule has 0 aliphatic heterocycles. The van der Waals surface area contributed by atoms with Gasteiger partial charge in [-0.25, -0.2) is 0 Å². The molecule has 1 unspecified atom stereocenters. The highest BCUT2D eigenvalue weighted by molar-refractivity contribution is 6.88. The van der Waals surface area contributed by atoms with Crippen molar-refractivity contribution in [3.8, 4) is 0 Å². The Morgan fingerprint density at radius 3 is 1.70 bits per heavy atom. The third-order valence-electron chi connectivity index (χ3n) is 2.31. The average Bonchev–Trinajstić information content (AvgIpc) is 2.05. The van der Waals surface area contributed by atoms with Gasteiger partial charge in [0.05, 0.1) is 0 Å². The zero-order valence-electron chi connectivity index (χ0n) is 14.4. The predicted molar refractivity (Wildman–Crippen MR) is 93.9 cm³/mol. The molecule has 0 radical (unpaired) electrons. The van der Waals surface area contributed by atoms with Crippen LogP contribution in [0.5, 0.6) is 0 Å². The SMILES string of the molecule is C[Si](C)(C)O[Si](C)(CCCN)O[Si](C)(C)O[Si](C)(C)O. The van der Waals surface area contributed by atoms with E-state index in [0.29, 0.717) is 6.54 Å². The molecular weight excluding hydrogens is 322 g/mol. The van der Waals surface area contributed by atoms with Crippen molar-refractivity contribution >= 4 is 34.0 Å². The third kappa shape index (κ3) is 10.4. The largest absolute Gasteiger partial charge is 0.437 e. The van der Waals surface area contributed by atoms with Crippen LogP contribution in [0.1, 0.15) is 6.42 Å². The van der Waals surface area contributed by atoms with Gasteiger partial charge in [0.2, 0.25) is 0 Å². The highest BCUT2D eigenvalue weighted by Crippen LogP contribution is 2.26. The summed E-state index contributed by atoms with van der Waals surface area (Å²) in [5.41, 5.74) is 5.63. The molecule has 20 heavy (non-hydrogen) atoms. The molecule has 0 aromatic heterocycles. The number of hydrogen-bond acceptors (Lipinski definition) is 5. The Morgan fingerprint density at radius 2 is 1.35 bits per heavy atom. The van der Waals surface area contributed by atoms with E-state index in [1.54, 1.807) is 13.1 Å². The molecule has 0 spiro atoms. The molecular formula is C11H33NO4Si4. The molecule has 9 heteroatoms. The van der Waals surface area contributed by atoms with Gasteiger partial charge in [-0.05, 0) is 71.4 Å². The van der Waals surface area contributed by atoms with Gasteiger partial charge in [-0.15, -0.1) is 0 Å². The van der Waals surface area contributed by atoms with Crippen LogP contribution in [0, 0.1) is 0 Å². The van der Waals surface area contributed by atoms with Gasteiger partial charge in [-0.3, -0.25) is 0 Å². The number of rotatable bonds is 9. The Balaban J connectivity index is 4.96. The van der Waals surface area contributed by atoms with Gasteiger partial charge in [0.25, 0.3) is 0 Å². The quantitative estimate of drug-likeness (QED) is 0.622. The second-order valence-corrected chi connectivity index (χ2v) is 22.4. The summed E-state index contributed by atoms with van der Waals surface area (Å²) >= 11 is 0. The molecule has 0 fully saturated rings. The minimum atomic E-state index is -2.59. The fourth-order valence-electron chi connectivity index (χ4n) is 2.34. The summed E-state index contributed by atoms with van der Waals surface area (Å²) in [6.07, 6.45) is 0.900. The molecule has 0 aliphatic rings. The molecule has 0 rings (SSSR count). The van der Waals surface area contributed by atoms with Crippen LogP contribution in [0.25, 0.3) is 0 Å². The molecule has 0 saturated carbocycles. The maximum atomic E-state index is 9.99. The summed E-state index contributed by atoms with van der Waals surface area (Å²) < 4.78 is 18.6. The van der Waals surface area contributed by atoms with E-state index < -0.39 is 34.0 Å². The van der Waals surface area contributed by atoms with E-state index in [1.807, 2.05) is 13.1 Å². The van der Waals surface area contributed by atoms with Crippen LogP contribution in [0.2, 0.25) is 58.4 Å². The Bertz CT molecular complexity index is 304. The van der Waals surface area contributed by atoms with Crippen molar-refractivity contribution in [2.24, 2.45) is 5.73 Å². The third-order valence-corrected chi connectivity index (χ3v) is 15.4. The maximum Gasteiger partial charge on any atom is 0.320 e. The summed E-state index contributed by atoms with van der Waals surface area (Å²) in [6, 6.07) is 0.876. The summed E-state index contributed by atoms with van der Waals surface area (Å²) in [5.74, 6) is 0. The monoisotopic (exact) mass is 355 g/mol. The molecule has 5 nitrogen and oxygen atoms in total. The van der Waals surface area contributed by atoms with E-state index in [4.69, 9.17) is 18.1 Å². The molecule has 1 atom stereocenters. The molecule has 0 aliphatic carbocycles. The van der Waals surface area contributed by atoms with Gasteiger partial charge < -0.3 is 22.9 Å². The molecule has 122 valence electrons. The Kier molecular flexibility index (Phi) is 7.53. The fourth-order valence-corrected chi connectivity index (χ4v) is 19.2. The van der Waals surface area contributed by atoms with E-state index in [-0.39, 0.29) is 0 Å². The molecule has 0 aromatic carbocycles. The standard InChI is InChI=1S/C11H33NO4Si4/c1-17(2,3)14-20(8,11-9-10-12)16-19(6,7)15-18(4,5)13/h13H,9-12H2,1-8H3. The van der Waals surface area contributed by atoms with Crippen LogP contribution < -0.4 is 5.73 Å². The van der Waals surface area contributed by atoms with E-state index in [9.17, 15) is 4.80 Å². The summed E-state index contributed by atoms with van der Waals surface area (Å²) in [6.45, 7) is 16.8. The maximum absolute atomic E-state index is 9.99. The Morgan fingerprint density at radius 1 is 0.850 bits per heavy atom. The van der Waals surface area contributed by atoms with Crippen molar-refractivity contribution in [2.75, 3.05) is 6.54 Å². The van der Waals surface area contributed by atoms with Crippen LogP contribution in [0.15, 0.2) is 0 Å². The minimum Gasteiger partial charge on any atom is -0.437 e. The van der Waals surface area contributed by atoms with Crippen molar-refractivity contribution in [3.05, 3.63) is 0 Å². The van der Waals surface area contributed by atoms with Gasteiger partial charge in [0.1, 0.15) is 0 Å². The first-order valence-corrected chi connectivity index (χ1v) is 18.8. The smallest absolute Gasteiger partial charge is 0.320 e. The summed E-state index contributed by atoms with van der Waals surface area (Å²) in [7, 11) is -8.99. The van der Waals surface area contributed by atoms with Gasteiger partial charge in [0, 0.05) is 0 Å². The highest BCUT2D eigenvalue weighted by Gasteiger charge is 2.44. The van der Waals surface area contributed by atoms with Gasteiger partial charge >= 0.3 is 25.7 Å². The van der Waals surface area contributed by atoms with E-state index in [0.717, 1.165) is 12.5 Å². The van der Waals surface area contributed by atoms with E-state index in [2.05, 4.69) is 26.2 Å². The normalized spacial score (nSPS) is 17.1. The van der Waals surface area contributed by atoms with Crippen molar-refractivity contribution in [1.82, 2.24) is 0 Å². The lowest BCUT2D eigenvalue weighted by Gasteiger charge is -2.40. The van der Waals surface area contributed by atoms with Crippen LogP contribution in [-0.4, -0.2) is 45.3 Å². The van der Waals surface area contributed by atoms with Crippen LogP contribution in [-0.2, 0) is 12.3 Å². The molecule has 0 bridgehead atoms. The Labute approximate surface area is 128 Å². The van der Waals surface area contributed by atoms with E-state index in [1.165, 1.54) is 0 Å². The average molecular weight is 356 g/mol. The van der Waals surface area contributed by atoms with Crippen LogP contribution in [0.4, 0.5) is 0 Å². The molecule has 0 amide bonds. The first-order valence-electron chi connectivity index (χ1n) is 7.21. The van der Waals surface area contributed by atoms with Crippen LogP contribution >= 0.6 is 0 Å². The topological polar surface area (TPSA) is 73.9 Å². The van der Waals surface area contributed by atoms with Crippen molar-refractivity contribution < 1.29 is 17.1 Å². The molecule has 0 saturated heterocycles. The lowest BCUT2D eigenvalue weighted by molar-refractivity contribution is 0.292. The number of hydrogen-bond donors (Lipinski definition) is 2. The van der Waals surface area contributed by atoms with Crippen molar-refractivity contribution in [1.29, 1.82) is 0 Å². The molecule has 0 aromatic rings. The highest BCUT2D eigenvalue weighted by atomic mass is 28.5. The van der Waals surface area contributed by atoms with Crippen molar-refractivity contribution in [3.63, 3.8) is 0 Å². The lowest BCUT2D eigenvalue weighted by atomic mass is 10.5. The predicted octanol–water partition coefficient (Wildman–Crippen LogP) is 2.69. The number of nitrogens with two attached hydrogens (primary N) is 1.